The van der Waals surface area contributed by atoms with Crippen LogP contribution in [0.5, 0.6) is 0 Å². The zero-order chi connectivity index (χ0) is 9.68. The van der Waals surface area contributed by atoms with E-state index in [4.69, 9.17) is 11.6 Å². The summed E-state index contributed by atoms with van der Waals surface area (Å²) in [6, 6.07) is 1.80. The zero-order valence-electron chi connectivity index (χ0n) is 7.38. The highest BCUT2D eigenvalue weighted by molar-refractivity contribution is 7.14. The molecule has 1 aromatic heterocycles. The van der Waals surface area contributed by atoms with Crippen molar-refractivity contribution in [1.29, 1.82) is 0 Å². The fourth-order valence-electron chi connectivity index (χ4n) is 0.999. The molecule has 1 aromatic rings. The van der Waals surface area contributed by atoms with Crippen molar-refractivity contribution in [2.45, 2.75) is 25.9 Å². The molecule has 0 saturated carbocycles. The molecule has 1 heterocycles. The maximum atomic E-state index is 9.64. The van der Waals surface area contributed by atoms with E-state index in [1.165, 1.54) is 11.3 Å². The van der Waals surface area contributed by atoms with E-state index in [9.17, 15) is 5.11 Å². The molecule has 0 aliphatic carbocycles. The summed E-state index contributed by atoms with van der Waals surface area (Å²) < 4.78 is 0.718. The van der Waals surface area contributed by atoms with Crippen molar-refractivity contribution in [3.05, 3.63) is 21.3 Å². The van der Waals surface area contributed by atoms with Gasteiger partial charge in [0, 0.05) is 6.42 Å². The third-order valence-electron chi connectivity index (χ3n) is 1.69. The summed E-state index contributed by atoms with van der Waals surface area (Å²) >= 11 is 7.19. The Morgan fingerprint density at radius 1 is 1.69 bits per heavy atom. The summed E-state index contributed by atoms with van der Waals surface area (Å²) in [5, 5.41) is 11.5. The fourth-order valence-corrected chi connectivity index (χ4v) is 1.94. The molecule has 1 unspecified atom stereocenters. The Labute approximate surface area is 87.4 Å². The highest BCUT2D eigenvalue weighted by Crippen LogP contribution is 2.26. The number of hydrogen-bond acceptors (Lipinski definition) is 2. The quantitative estimate of drug-likeness (QED) is 0.766. The normalized spacial score (nSPS) is 11.9. The number of thiophene rings is 1. The topological polar surface area (TPSA) is 20.2 Å². The minimum absolute atomic E-state index is 0.426. The molecule has 0 bridgehead atoms. The number of hydrogen-bond donors (Lipinski definition) is 1. The number of aliphatic hydroxyl groups is 1. The Balaban J connectivity index is 2.47. The van der Waals surface area contributed by atoms with Gasteiger partial charge in [-0.05, 0) is 30.4 Å². The smallest absolute Gasteiger partial charge is 0.0932 e. The Morgan fingerprint density at radius 3 is 3.00 bits per heavy atom. The molecule has 13 heavy (non-hydrogen) atoms. The van der Waals surface area contributed by atoms with E-state index in [1.807, 2.05) is 5.38 Å². The Morgan fingerprint density at radius 2 is 2.46 bits per heavy atom. The molecule has 0 radical (unpaired) electrons. The maximum Gasteiger partial charge on any atom is 0.0932 e. The summed E-state index contributed by atoms with van der Waals surface area (Å²) in [6.45, 7) is 1.80. The third kappa shape index (κ3) is 3.40. The third-order valence-corrected chi connectivity index (χ3v) is 2.80. The van der Waals surface area contributed by atoms with E-state index >= 15 is 0 Å². The van der Waals surface area contributed by atoms with Crippen molar-refractivity contribution in [2.24, 2.45) is 0 Å². The summed E-state index contributed by atoms with van der Waals surface area (Å²) in [5.74, 6) is 5.71. The first-order valence-corrected chi connectivity index (χ1v) is 5.31. The molecule has 1 rings (SSSR count). The van der Waals surface area contributed by atoms with E-state index in [2.05, 4.69) is 11.8 Å². The van der Waals surface area contributed by atoms with E-state index in [-0.39, 0.29) is 0 Å². The first-order valence-electron chi connectivity index (χ1n) is 4.05. The molecule has 3 heteroatoms. The van der Waals surface area contributed by atoms with Crippen LogP contribution in [-0.2, 0) is 0 Å². The molecule has 1 atom stereocenters. The average molecular weight is 215 g/mol. The molecule has 70 valence electrons. The average Bonchev–Trinajstić information content (AvgIpc) is 2.52. The SMILES string of the molecule is CC#CCCC(O)c1csc(Cl)c1. The monoisotopic (exact) mass is 214 g/mol. The first kappa shape index (κ1) is 10.6. The largest absolute Gasteiger partial charge is 0.388 e. The van der Waals surface area contributed by atoms with Crippen molar-refractivity contribution in [1.82, 2.24) is 0 Å². The van der Waals surface area contributed by atoms with Crippen LogP contribution in [0.2, 0.25) is 4.34 Å². The molecule has 0 aliphatic rings. The molecule has 0 amide bonds. The van der Waals surface area contributed by atoms with Gasteiger partial charge in [0.1, 0.15) is 0 Å². The van der Waals surface area contributed by atoms with Gasteiger partial charge in [0.15, 0.2) is 0 Å². The number of rotatable bonds is 3. The maximum absolute atomic E-state index is 9.64. The summed E-state index contributed by atoms with van der Waals surface area (Å²) in [6.07, 6.45) is 0.976. The van der Waals surface area contributed by atoms with Crippen LogP contribution in [-0.4, -0.2) is 5.11 Å². The zero-order valence-corrected chi connectivity index (χ0v) is 8.95. The minimum atomic E-state index is -0.426. The van der Waals surface area contributed by atoms with Crippen LogP contribution in [0, 0.1) is 11.8 Å². The second kappa shape index (κ2) is 5.29. The highest BCUT2D eigenvalue weighted by Gasteiger charge is 2.08. The van der Waals surface area contributed by atoms with Gasteiger partial charge in [-0.2, -0.15) is 0 Å². The molecule has 1 nitrogen and oxygen atoms in total. The lowest BCUT2D eigenvalue weighted by atomic mass is 10.1. The molecule has 1 N–H and O–H groups in total. The van der Waals surface area contributed by atoms with Crippen LogP contribution in [0.15, 0.2) is 11.4 Å². The van der Waals surface area contributed by atoms with E-state index in [0.717, 1.165) is 16.3 Å². The van der Waals surface area contributed by atoms with E-state index < -0.39 is 6.10 Å². The standard InChI is InChI=1S/C10H11ClOS/c1-2-3-4-5-9(12)8-6-10(11)13-7-8/h6-7,9,12H,4-5H2,1H3. The van der Waals surface area contributed by atoms with Gasteiger partial charge in [0.2, 0.25) is 0 Å². The van der Waals surface area contributed by atoms with Crippen molar-refractivity contribution < 1.29 is 5.11 Å². The lowest BCUT2D eigenvalue weighted by Crippen LogP contribution is -1.93. The molecule has 0 spiro atoms. The number of halogens is 1. The van der Waals surface area contributed by atoms with Gasteiger partial charge in [-0.25, -0.2) is 0 Å². The number of aliphatic hydroxyl groups excluding tert-OH is 1. The van der Waals surface area contributed by atoms with Gasteiger partial charge in [0.05, 0.1) is 10.4 Å². The second-order valence-electron chi connectivity index (χ2n) is 2.67. The van der Waals surface area contributed by atoms with Crippen molar-refractivity contribution in [3.8, 4) is 11.8 Å². The molecule has 0 fully saturated rings. The van der Waals surface area contributed by atoms with Crippen LogP contribution in [0.25, 0.3) is 0 Å². The summed E-state index contributed by atoms with van der Waals surface area (Å²) in [4.78, 5) is 0. The Kier molecular flexibility index (Phi) is 4.31. The summed E-state index contributed by atoms with van der Waals surface area (Å²) in [5.41, 5.74) is 0.896. The van der Waals surface area contributed by atoms with Gasteiger partial charge in [0.25, 0.3) is 0 Å². The van der Waals surface area contributed by atoms with Crippen LogP contribution >= 0.6 is 22.9 Å². The first-order chi connectivity index (χ1) is 6.24. The molecule has 0 saturated heterocycles. The van der Waals surface area contributed by atoms with Crippen LogP contribution in [0.3, 0.4) is 0 Å². The Bertz CT molecular complexity index is 321. The van der Waals surface area contributed by atoms with Crippen LogP contribution in [0.4, 0.5) is 0 Å². The predicted octanol–water partition coefficient (Wildman–Crippen LogP) is 3.24. The Hall–Kier alpha value is -0.490. The van der Waals surface area contributed by atoms with Crippen molar-refractivity contribution in [3.63, 3.8) is 0 Å². The molecular formula is C10H11ClOS. The van der Waals surface area contributed by atoms with Crippen molar-refractivity contribution >= 4 is 22.9 Å². The highest BCUT2D eigenvalue weighted by atomic mass is 35.5. The second-order valence-corrected chi connectivity index (χ2v) is 4.21. The van der Waals surface area contributed by atoms with Crippen LogP contribution < -0.4 is 0 Å². The lowest BCUT2D eigenvalue weighted by molar-refractivity contribution is 0.170. The molecular weight excluding hydrogens is 204 g/mol. The lowest BCUT2D eigenvalue weighted by Gasteiger charge is -2.04. The molecule has 0 aromatic carbocycles. The van der Waals surface area contributed by atoms with Gasteiger partial charge in [-0.1, -0.05) is 11.6 Å². The molecule has 0 aliphatic heterocycles. The predicted molar refractivity (Wildman–Crippen MR) is 57.0 cm³/mol. The van der Waals surface area contributed by atoms with Crippen LogP contribution in [0.1, 0.15) is 31.4 Å². The summed E-state index contributed by atoms with van der Waals surface area (Å²) in [7, 11) is 0. The van der Waals surface area contributed by atoms with E-state index in [0.29, 0.717) is 6.42 Å². The van der Waals surface area contributed by atoms with Crippen molar-refractivity contribution in [2.75, 3.05) is 0 Å². The van der Waals surface area contributed by atoms with Gasteiger partial charge < -0.3 is 5.11 Å². The minimum Gasteiger partial charge on any atom is -0.388 e. The fraction of sp³-hybridized carbons (Fsp3) is 0.400. The van der Waals surface area contributed by atoms with E-state index in [1.54, 1.807) is 13.0 Å². The van der Waals surface area contributed by atoms with Gasteiger partial charge >= 0.3 is 0 Å². The van der Waals surface area contributed by atoms with Gasteiger partial charge in [-0.3, -0.25) is 0 Å². The van der Waals surface area contributed by atoms with Gasteiger partial charge in [-0.15, -0.1) is 23.2 Å².